The van der Waals surface area contributed by atoms with Gasteiger partial charge in [0.1, 0.15) is 0 Å². The Bertz CT molecular complexity index is 107. The second kappa shape index (κ2) is 4.56. The number of rotatable bonds is 2. The molecule has 0 spiro atoms. The van der Waals surface area contributed by atoms with Crippen molar-refractivity contribution in [3.8, 4) is 0 Å². The third-order valence-electron chi connectivity index (χ3n) is 0.212. The normalized spacial score (nSPS) is 9.25. The van der Waals surface area contributed by atoms with E-state index in [1.807, 2.05) is 0 Å². The predicted molar refractivity (Wildman–Crippen MR) is 29.1 cm³/mol. The van der Waals surface area contributed by atoms with Crippen LogP contribution in [0.1, 0.15) is 0 Å². The maximum absolute atomic E-state index is 9.63. The second-order valence-electron chi connectivity index (χ2n) is 0.763. The Kier molecular flexibility index (Phi) is 6.54. The van der Waals surface area contributed by atoms with Crippen LogP contribution in [0.3, 0.4) is 0 Å². The molecule has 0 aliphatic heterocycles. The molecule has 6 heteroatoms. The Morgan fingerprint density at radius 1 is 1.62 bits per heavy atom. The molecule has 0 aliphatic carbocycles. The molecule has 0 bridgehead atoms. The molecule has 2 N–H and O–H groups in total. The van der Waals surface area contributed by atoms with Crippen molar-refractivity contribution in [2.24, 2.45) is 0 Å². The summed E-state index contributed by atoms with van der Waals surface area (Å²) in [5, 5.41) is 0. The van der Waals surface area contributed by atoms with E-state index in [0.717, 1.165) is 0 Å². The van der Waals surface area contributed by atoms with Crippen molar-refractivity contribution in [2.45, 2.75) is 0 Å². The zero-order valence-electron chi connectivity index (χ0n) is 4.44. The maximum atomic E-state index is 9.63. The summed E-state index contributed by atoms with van der Waals surface area (Å²) in [5.74, 6) is 0. The molecule has 0 aromatic carbocycles. The molecule has 8 heavy (non-hydrogen) atoms. The van der Waals surface area contributed by atoms with Crippen molar-refractivity contribution < 1.29 is 18.9 Å². The molecule has 0 aliphatic rings. The molecule has 0 amide bonds. The first-order valence-corrected chi connectivity index (χ1v) is 2.94. The minimum absolute atomic E-state index is 0. The molecule has 0 unspecified atom stereocenters. The van der Waals surface area contributed by atoms with Gasteiger partial charge in [0.15, 0.2) is 0 Å². The first-order chi connectivity index (χ1) is 3.06. The van der Waals surface area contributed by atoms with Crippen molar-refractivity contribution in [1.29, 1.82) is 0 Å². The molecule has 4 nitrogen and oxygen atoms in total. The summed E-state index contributed by atoms with van der Waals surface area (Å²) in [6, 6.07) is 0. The first-order valence-electron chi connectivity index (χ1n) is 1.41. The molecule has 43 valence electrons. The van der Waals surface area contributed by atoms with Crippen LogP contribution in [0.5, 0.6) is 0 Å². The molecule has 0 aromatic rings. The third-order valence-corrected chi connectivity index (χ3v) is 0.636. The maximum Gasteiger partial charge on any atom is 0.524 e. The SMILES string of the molecule is C=COP(=O)(O)O.[Na]. The van der Waals surface area contributed by atoms with Crippen molar-refractivity contribution in [3.05, 3.63) is 12.8 Å². The molecule has 0 saturated carbocycles. The van der Waals surface area contributed by atoms with Gasteiger partial charge in [0.25, 0.3) is 0 Å². The largest absolute Gasteiger partial charge is 0.524 e. The van der Waals surface area contributed by atoms with Crippen molar-refractivity contribution >= 4 is 37.4 Å². The third kappa shape index (κ3) is 9.85. The van der Waals surface area contributed by atoms with Gasteiger partial charge in [-0.2, -0.15) is 0 Å². The Morgan fingerprint density at radius 2 is 2.00 bits per heavy atom. The number of phosphoric acid groups is 1. The summed E-state index contributed by atoms with van der Waals surface area (Å²) in [7, 11) is -4.28. The Labute approximate surface area is 69.1 Å². The molecule has 0 heterocycles. The van der Waals surface area contributed by atoms with E-state index in [4.69, 9.17) is 9.79 Å². The summed E-state index contributed by atoms with van der Waals surface area (Å²) in [6.07, 6.45) is 0.695. The van der Waals surface area contributed by atoms with Gasteiger partial charge in [-0.15, -0.1) is 0 Å². The Hall–Kier alpha value is 0.690. The van der Waals surface area contributed by atoms with E-state index in [2.05, 4.69) is 11.1 Å². The van der Waals surface area contributed by atoms with Gasteiger partial charge in [-0.1, -0.05) is 6.58 Å². The van der Waals surface area contributed by atoms with E-state index in [1.54, 1.807) is 0 Å². The average Bonchev–Trinajstić information content (AvgIpc) is 1.30. The Balaban J connectivity index is 0. The van der Waals surface area contributed by atoms with E-state index in [1.165, 1.54) is 0 Å². The van der Waals surface area contributed by atoms with Crippen LogP contribution in [-0.4, -0.2) is 39.3 Å². The molecule has 0 saturated heterocycles. The molecular weight excluding hydrogens is 142 g/mol. The number of phosphoric ester groups is 1. The van der Waals surface area contributed by atoms with Crippen LogP contribution in [0.2, 0.25) is 0 Å². The molecule has 0 rings (SSSR count). The summed E-state index contributed by atoms with van der Waals surface area (Å²) < 4.78 is 13.3. The fourth-order valence-electron chi connectivity index (χ4n) is 0.0971. The van der Waals surface area contributed by atoms with E-state index in [9.17, 15) is 4.57 Å². The summed E-state index contributed by atoms with van der Waals surface area (Å²) in [5.41, 5.74) is 0. The molecule has 0 fully saturated rings. The van der Waals surface area contributed by atoms with Gasteiger partial charge in [0.2, 0.25) is 0 Å². The van der Waals surface area contributed by atoms with Gasteiger partial charge in [-0.05, 0) is 0 Å². The predicted octanol–water partition coefficient (Wildman–Crippen LogP) is -0.142. The Morgan fingerprint density at radius 3 is 2.00 bits per heavy atom. The van der Waals surface area contributed by atoms with Crippen molar-refractivity contribution in [2.75, 3.05) is 0 Å². The van der Waals surface area contributed by atoms with Gasteiger partial charge in [-0.3, -0.25) is 9.79 Å². The minimum Gasteiger partial charge on any atom is -0.413 e. The van der Waals surface area contributed by atoms with Gasteiger partial charge in [0.05, 0.1) is 6.26 Å². The van der Waals surface area contributed by atoms with Crippen LogP contribution >= 0.6 is 7.82 Å². The van der Waals surface area contributed by atoms with Crippen LogP contribution in [0.25, 0.3) is 0 Å². The molecule has 0 aromatic heterocycles. The van der Waals surface area contributed by atoms with Crippen LogP contribution in [0.15, 0.2) is 12.8 Å². The van der Waals surface area contributed by atoms with Crippen LogP contribution in [-0.2, 0) is 9.09 Å². The summed E-state index contributed by atoms with van der Waals surface area (Å²) >= 11 is 0. The summed E-state index contributed by atoms with van der Waals surface area (Å²) in [4.78, 5) is 15.7. The van der Waals surface area contributed by atoms with E-state index >= 15 is 0 Å². The van der Waals surface area contributed by atoms with Crippen LogP contribution in [0.4, 0.5) is 0 Å². The average molecular weight is 147 g/mol. The molecule has 0 atom stereocenters. The first kappa shape index (κ1) is 11.5. The zero-order valence-corrected chi connectivity index (χ0v) is 7.34. The second-order valence-corrected chi connectivity index (χ2v) is 1.95. The number of hydrogen-bond donors (Lipinski definition) is 2. The van der Waals surface area contributed by atoms with Gasteiger partial charge >= 0.3 is 7.82 Å². The standard InChI is InChI=1S/C2H5O4P.Na/c1-2-6-7(3,4)5;/h2H,1H2,(H2,3,4,5);. The smallest absolute Gasteiger partial charge is 0.413 e. The quantitative estimate of drug-likeness (QED) is 0.324. The monoisotopic (exact) mass is 147 g/mol. The zero-order chi connectivity index (χ0) is 5.91. The van der Waals surface area contributed by atoms with Gasteiger partial charge in [0, 0.05) is 29.6 Å². The van der Waals surface area contributed by atoms with Crippen LogP contribution in [0, 0.1) is 0 Å². The van der Waals surface area contributed by atoms with Gasteiger partial charge < -0.3 is 4.52 Å². The fourth-order valence-corrected chi connectivity index (χ4v) is 0.291. The number of hydrogen-bond acceptors (Lipinski definition) is 2. The topological polar surface area (TPSA) is 66.8 Å². The molecule has 1 radical (unpaired) electrons. The fraction of sp³-hybridized carbons (Fsp3) is 0. The van der Waals surface area contributed by atoms with Crippen molar-refractivity contribution in [3.63, 3.8) is 0 Å². The van der Waals surface area contributed by atoms with Gasteiger partial charge in [-0.25, -0.2) is 4.57 Å². The van der Waals surface area contributed by atoms with Crippen LogP contribution < -0.4 is 0 Å². The molecular formula is C2H5NaO4P. The van der Waals surface area contributed by atoms with E-state index in [-0.39, 0.29) is 29.6 Å². The minimum atomic E-state index is -4.28. The van der Waals surface area contributed by atoms with Crippen molar-refractivity contribution in [1.82, 2.24) is 0 Å². The van der Waals surface area contributed by atoms with E-state index in [0.29, 0.717) is 6.26 Å². The summed E-state index contributed by atoms with van der Waals surface area (Å²) in [6.45, 7) is 2.93. The van der Waals surface area contributed by atoms with E-state index < -0.39 is 7.82 Å².